The summed E-state index contributed by atoms with van der Waals surface area (Å²) in [7, 11) is 1.53. The summed E-state index contributed by atoms with van der Waals surface area (Å²) in [5.74, 6) is -0.665. The van der Waals surface area contributed by atoms with Crippen molar-refractivity contribution in [2.45, 2.75) is 44.1 Å². The molecule has 0 bridgehead atoms. The fourth-order valence-electron chi connectivity index (χ4n) is 3.81. The van der Waals surface area contributed by atoms with Crippen LogP contribution in [0.5, 0.6) is 0 Å². The van der Waals surface area contributed by atoms with Crippen molar-refractivity contribution in [1.82, 2.24) is 0 Å². The van der Waals surface area contributed by atoms with Crippen LogP contribution in [0, 0.1) is 6.92 Å². The summed E-state index contributed by atoms with van der Waals surface area (Å²) in [6.07, 6.45) is -3.61. The average Bonchev–Trinajstić information content (AvgIpc) is 3.15. The monoisotopic (exact) mass is 518 g/mol. The summed E-state index contributed by atoms with van der Waals surface area (Å²) in [6, 6.07) is 3.07. The van der Waals surface area contributed by atoms with Gasteiger partial charge in [0.05, 0.1) is 11.1 Å². The van der Waals surface area contributed by atoms with Crippen molar-refractivity contribution >= 4 is 53.0 Å². The number of hydrogen-bond acceptors (Lipinski definition) is 6. The van der Waals surface area contributed by atoms with Crippen molar-refractivity contribution in [1.29, 1.82) is 0 Å². The molecular weight excluding hydrogens is 499 g/mol. The van der Waals surface area contributed by atoms with Crippen LogP contribution in [-0.2, 0) is 35.1 Å². The number of esters is 1. The summed E-state index contributed by atoms with van der Waals surface area (Å²) >= 11 is 17.7. The van der Waals surface area contributed by atoms with Crippen molar-refractivity contribution < 1.29 is 36.5 Å². The molecule has 3 unspecified atom stereocenters. The molecule has 31 heavy (non-hydrogen) atoms. The van der Waals surface area contributed by atoms with Gasteiger partial charge in [-0.2, -0.15) is 13.2 Å². The van der Waals surface area contributed by atoms with E-state index in [9.17, 15) is 18.0 Å². The van der Waals surface area contributed by atoms with E-state index < -0.39 is 30.8 Å². The molecule has 1 spiro atoms. The van der Waals surface area contributed by atoms with Gasteiger partial charge in [0.15, 0.2) is 18.0 Å². The second-order valence-electron chi connectivity index (χ2n) is 7.52. The topological polar surface area (TPSA) is 54.0 Å². The maximum atomic E-state index is 13.0. The zero-order valence-corrected chi connectivity index (χ0v) is 20.1. The summed E-state index contributed by atoms with van der Waals surface area (Å²) in [5, 5.41) is 0.543. The molecule has 1 aromatic rings. The van der Waals surface area contributed by atoms with Gasteiger partial charge in [-0.05, 0) is 49.3 Å². The number of rotatable bonds is 6. The third-order valence-electron chi connectivity index (χ3n) is 5.12. The largest absolute Gasteiger partial charge is 0.447 e. The van der Waals surface area contributed by atoms with E-state index in [0.717, 1.165) is 0 Å². The standard InChI is InChI=1S/C19H20Cl2F3O5PS/c1-10-6-11(20)7-13(21)14(10)15-16(29-30(3,31)27-9-19(22,23)24)18(28-17(15)25)5-4-12(8-18)26-2/h6-7,12H,4-5,8-9H2,1-3H3. The van der Waals surface area contributed by atoms with Crippen LogP contribution in [0.15, 0.2) is 17.9 Å². The maximum Gasteiger partial charge on any atom is 0.412 e. The highest BCUT2D eigenvalue weighted by Gasteiger charge is 2.55. The van der Waals surface area contributed by atoms with E-state index in [1.807, 2.05) is 0 Å². The number of carbonyl (C=O) groups excluding carboxylic acids is 1. The molecule has 1 saturated carbocycles. The zero-order chi connectivity index (χ0) is 23.2. The molecule has 12 heteroatoms. The van der Waals surface area contributed by atoms with E-state index in [-0.39, 0.29) is 28.9 Å². The lowest BCUT2D eigenvalue weighted by Crippen LogP contribution is -2.31. The Hall–Kier alpha value is -0.830. The van der Waals surface area contributed by atoms with E-state index in [4.69, 9.17) is 53.5 Å². The molecular formula is C19H20Cl2F3O5PS. The molecule has 5 nitrogen and oxygen atoms in total. The minimum Gasteiger partial charge on any atom is -0.447 e. The molecule has 172 valence electrons. The summed E-state index contributed by atoms with van der Waals surface area (Å²) in [5.41, 5.74) is -0.300. The molecule has 1 heterocycles. The quantitative estimate of drug-likeness (QED) is 0.338. The van der Waals surface area contributed by atoms with Gasteiger partial charge in [-0.15, -0.1) is 0 Å². The molecule has 0 amide bonds. The van der Waals surface area contributed by atoms with Crippen molar-refractivity contribution in [3.8, 4) is 0 Å². The molecule has 2 aliphatic rings. The van der Waals surface area contributed by atoms with Crippen molar-refractivity contribution in [3.05, 3.63) is 39.1 Å². The van der Waals surface area contributed by atoms with Gasteiger partial charge in [0.2, 0.25) is 6.49 Å². The van der Waals surface area contributed by atoms with E-state index in [2.05, 4.69) is 0 Å². The van der Waals surface area contributed by atoms with Gasteiger partial charge >= 0.3 is 12.1 Å². The SMILES string of the molecule is COC1CCC2(C1)OC(=O)C(c1c(C)cc(Cl)cc1Cl)=C2OP(C)(=S)OCC(F)(F)F. The van der Waals surface area contributed by atoms with Crippen LogP contribution < -0.4 is 0 Å². The smallest absolute Gasteiger partial charge is 0.412 e. The Kier molecular flexibility index (Phi) is 7.07. The maximum absolute atomic E-state index is 13.0. The molecule has 0 radical (unpaired) electrons. The fourth-order valence-corrected chi connectivity index (χ4v) is 5.90. The van der Waals surface area contributed by atoms with Gasteiger partial charge in [-0.3, -0.25) is 0 Å². The van der Waals surface area contributed by atoms with Crippen molar-refractivity contribution in [2.75, 3.05) is 20.4 Å². The number of ether oxygens (including phenoxy) is 2. The van der Waals surface area contributed by atoms with Crippen molar-refractivity contribution in [3.63, 3.8) is 0 Å². The number of hydrogen-bond donors (Lipinski definition) is 0. The van der Waals surface area contributed by atoms with E-state index >= 15 is 0 Å². The Bertz CT molecular complexity index is 961. The van der Waals surface area contributed by atoms with Crippen LogP contribution in [-0.4, -0.2) is 44.2 Å². The molecule has 0 N–H and O–H groups in total. The Morgan fingerprint density at radius 2 is 2.03 bits per heavy atom. The Balaban J connectivity index is 2.12. The molecule has 1 aliphatic heterocycles. The highest BCUT2D eigenvalue weighted by Crippen LogP contribution is 2.57. The minimum atomic E-state index is -4.58. The zero-order valence-electron chi connectivity index (χ0n) is 16.8. The second kappa shape index (κ2) is 8.84. The lowest BCUT2D eigenvalue weighted by Gasteiger charge is -2.29. The Labute approximate surface area is 192 Å². The summed E-state index contributed by atoms with van der Waals surface area (Å²) in [6.45, 7) is -2.05. The van der Waals surface area contributed by atoms with Crippen LogP contribution in [0.1, 0.15) is 30.4 Å². The van der Waals surface area contributed by atoms with E-state index in [0.29, 0.717) is 29.0 Å². The van der Waals surface area contributed by atoms with Crippen LogP contribution in [0.4, 0.5) is 13.2 Å². The number of benzene rings is 1. The first-order valence-electron chi connectivity index (χ1n) is 9.22. The lowest BCUT2D eigenvalue weighted by atomic mass is 9.93. The average molecular weight is 519 g/mol. The van der Waals surface area contributed by atoms with Crippen LogP contribution in [0.3, 0.4) is 0 Å². The first kappa shape index (κ1) is 24.8. The van der Waals surface area contributed by atoms with E-state index in [1.54, 1.807) is 13.0 Å². The molecule has 0 aromatic heterocycles. The van der Waals surface area contributed by atoms with Crippen LogP contribution >= 0.6 is 29.7 Å². The van der Waals surface area contributed by atoms with Crippen LogP contribution in [0.2, 0.25) is 10.0 Å². The molecule has 1 aromatic carbocycles. The highest BCUT2D eigenvalue weighted by molar-refractivity contribution is 8.09. The summed E-state index contributed by atoms with van der Waals surface area (Å²) < 4.78 is 60.0. The number of carbonyl (C=O) groups is 1. The number of halogens is 5. The predicted octanol–water partition coefficient (Wildman–Crippen LogP) is 6.04. The lowest BCUT2D eigenvalue weighted by molar-refractivity contribution is -0.153. The number of alkyl halides is 3. The fraction of sp³-hybridized carbons (Fsp3) is 0.526. The van der Waals surface area contributed by atoms with E-state index in [1.165, 1.54) is 19.8 Å². The Morgan fingerprint density at radius 1 is 1.35 bits per heavy atom. The van der Waals surface area contributed by atoms with Gasteiger partial charge < -0.3 is 18.5 Å². The van der Waals surface area contributed by atoms with Gasteiger partial charge in [-0.1, -0.05) is 23.2 Å². The highest BCUT2D eigenvalue weighted by atomic mass is 35.5. The minimum absolute atomic E-state index is 0.0163. The van der Waals surface area contributed by atoms with Crippen molar-refractivity contribution in [2.24, 2.45) is 0 Å². The molecule has 3 atom stereocenters. The molecule has 0 saturated heterocycles. The molecule has 3 rings (SSSR count). The molecule has 1 aliphatic carbocycles. The Morgan fingerprint density at radius 3 is 2.58 bits per heavy atom. The first-order chi connectivity index (χ1) is 14.3. The van der Waals surface area contributed by atoms with Gasteiger partial charge in [0.1, 0.15) is 5.57 Å². The first-order valence-corrected chi connectivity index (χ1v) is 13.1. The normalized spacial score (nSPS) is 25.8. The summed E-state index contributed by atoms with van der Waals surface area (Å²) in [4.78, 5) is 13.0. The number of methoxy groups -OCH3 is 1. The van der Waals surface area contributed by atoms with Gasteiger partial charge in [0.25, 0.3) is 0 Å². The third kappa shape index (κ3) is 5.40. The molecule has 1 fully saturated rings. The van der Waals surface area contributed by atoms with Gasteiger partial charge in [-0.25, -0.2) is 4.79 Å². The van der Waals surface area contributed by atoms with Crippen LogP contribution in [0.25, 0.3) is 5.57 Å². The predicted molar refractivity (Wildman–Crippen MR) is 115 cm³/mol. The third-order valence-corrected chi connectivity index (χ3v) is 7.28. The number of aryl methyl sites for hydroxylation is 1. The second-order valence-corrected chi connectivity index (χ2v) is 12.3. The van der Waals surface area contributed by atoms with Gasteiger partial charge in [0, 0.05) is 30.8 Å².